The van der Waals surface area contributed by atoms with Crippen LogP contribution in [0.25, 0.3) is 11.3 Å². The molecule has 106 valence electrons. The van der Waals surface area contributed by atoms with Gasteiger partial charge in [0.15, 0.2) is 5.13 Å². The average Bonchev–Trinajstić information content (AvgIpc) is 3.04. The smallest absolute Gasteiger partial charge is 0.276 e. The van der Waals surface area contributed by atoms with E-state index in [1.807, 2.05) is 17.5 Å². The van der Waals surface area contributed by atoms with Crippen LogP contribution in [-0.4, -0.2) is 15.9 Å². The van der Waals surface area contributed by atoms with Gasteiger partial charge in [-0.1, -0.05) is 18.2 Å². The van der Waals surface area contributed by atoms with Crippen LogP contribution in [0.1, 0.15) is 16.1 Å². The van der Waals surface area contributed by atoms with Crippen LogP contribution in [0.4, 0.5) is 5.13 Å². The van der Waals surface area contributed by atoms with Gasteiger partial charge < -0.3 is 0 Å². The SMILES string of the molecule is N#Cc1ccc(-c2csc(NC(=O)c3ccccn3)n2)cc1. The summed E-state index contributed by atoms with van der Waals surface area (Å²) in [5, 5.41) is 13.9. The van der Waals surface area contributed by atoms with Crippen LogP contribution in [-0.2, 0) is 0 Å². The Bertz CT molecular complexity index is 835. The number of hydrogen-bond acceptors (Lipinski definition) is 5. The largest absolute Gasteiger partial charge is 0.296 e. The van der Waals surface area contributed by atoms with Crippen LogP contribution < -0.4 is 5.32 Å². The maximum absolute atomic E-state index is 12.0. The maximum atomic E-state index is 12.0. The molecule has 1 amide bonds. The summed E-state index contributed by atoms with van der Waals surface area (Å²) in [6.45, 7) is 0. The lowest BCUT2D eigenvalue weighted by molar-refractivity contribution is 0.102. The summed E-state index contributed by atoms with van der Waals surface area (Å²) in [4.78, 5) is 20.4. The molecule has 0 unspecified atom stereocenters. The molecule has 0 radical (unpaired) electrons. The summed E-state index contributed by atoms with van der Waals surface area (Å²) in [5.41, 5.74) is 2.60. The Kier molecular flexibility index (Phi) is 3.90. The summed E-state index contributed by atoms with van der Waals surface area (Å²) >= 11 is 1.34. The second-order valence-electron chi connectivity index (χ2n) is 4.40. The first kappa shape index (κ1) is 13.9. The van der Waals surface area contributed by atoms with E-state index in [2.05, 4.69) is 21.4 Å². The number of benzene rings is 1. The average molecular weight is 306 g/mol. The summed E-state index contributed by atoms with van der Waals surface area (Å²) in [6.07, 6.45) is 1.57. The van der Waals surface area contributed by atoms with Gasteiger partial charge >= 0.3 is 0 Å². The fourth-order valence-corrected chi connectivity index (χ4v) is 2.55. The molecule has 5 nitrogen and oxygen atoms in total. The van der Waals surface area contributed by atoms with Crippen molar-refractivity contribution < 1.29 is 4.79 Å². The summed E-state index contributed by atoms with van der Waals surface area (Å²) in [6, 6.07) is 14.4. The zero-order valence-corrected chi connectivity index (χ0v) is 12.2. The van der Waals surface area contributed by atoms with Crippen molar-refractivity contribution >= 4 is 22.4 Å². The molecule has 0 saturated heterocycles. The Morgan fingerprint density at radius 1 is 1.18 bits per heavy atom. The fraction of sp³-hybridized carbons (Fsp3) is 0. The third kappa shape index (κ3) is 3.00. The van der Waals surface area contributed by atoms with Crippen molar-refractivity contribution in [2.75, 3.05) is 5.32 Å². The summed E-state index contributed by atoms with van der Waals surface area (Å²) in [7, 11) is 0. The number of nitriles is 1. The fourth-order valence-electron chi connectivity index (χ4n) is 1.84. The van der Waals surface area contributed by atoms with Crippen molar-refractivity contribution in [3.05, 3.63) is 65.3 Å². The first-order valence-corrected chi connectivity index (χ1v) is 7.32. The van der Waals surface area contributed by atoms with Crippen molar-refractivity contribution in [2.24, 2.45) is 0 Å². The number of anilines is 1. The first-order chi connectivity index (χ1) is 10.8. The molecule has 1 N–H and O–H groups in total. The Hall–Kier alpha value is -3.04. The molecule has 6 heteroatoms. The van der Waals surface area contributed by atoms with Gasteiger partial charge in [0.1, 0.15) is 5.69 Å². The van der Waals surface area contributed by atoms with E-state index in [0.29, 0.717) is 16.4 Å². The summed E-state index contributed by atoms with van der Waals surface area (Å²) in [5.74, 6) is -0.290. The molecule has 0 fully saturated rings. The molecule has 2 aromatic heterocycles. The normalized spacial score (nSPS) is 9.95. The number of carbonyl (C=O) groups is 1. The highest BCUT2D eigenvalue weighted by atomic mass is 32.1. The lowest BCUT2D eigenvalue weighted by Gasteiger charge is -2.00. The van der Waals surface area contributed by atoms with Crippen molar-refractivity contribution in [3.63, 3.8) is 0 Å². The summed E-state index contributed by atoms with van der Waals surface area (Å²) < 4.78 is 0. The molecule has 0 atom stereocenters. The van der Waals surface area contributed by atoms with Crippen molar-refractivity contribution in [3.8, 4) is 17.3 Å². The van der Waals surface area contributed by atoms with Crippen molar-refractivity contribution in [2.45, 2.75) is 0 Å². The molecular weight excluding hydrogens is 296 g/mol. The zero-order chi connectivity index (χ0) is 15.4. The molecule has 2 heterocycles. The van der Waals surface area contributed by atoms with Crippen LogP contribution in [0.2, 0.25) is 0 Å². The van der Waals surface area contributed by atoms with Crippen LogP contribution in [0, 0.1) is 11.3 Å². The Balaban J connectivity index is 1.76. The lowest BCUT2D eigenvalue weighted by Crippen LogP contribution is -2.13. The van der Waals surface area contributed by atoms with Gasteiger partial charge in [0.25, 0.3) is 5.91 Å². The number of nitrogens with one attached hydrogen (secondary N) is 1. The van der Waals surface area contributed by atoms with E-state index < -0.39 is 0 Å². The number of nitrogens with zero attached hydrogens (tertiary/aromatic N) is 3. The van der Waals surface area contributed by atoms with E-state index in [1.165, 1.54) is 11.3 Å². The van der Waals surface area contributed by atoms with Crippen LogP contribution in [0.15, 0.2) is 54.0 Å². The third-order valence-electron chi connectivity index (χ3n) is 2.93. The van der Waals surface area contributed by atoms with Gasteiger partial charge in [-0.25, -0.2) is 4.98 Å². The van der Waals surface area contributed by atoms with Crippen LogP contribution >= 0.6 is 11.3 Å². The number of pyridine rings is 1. The highest BCUT2D eigenvalue weighted by Gasteiger charge is 2.10. The van der Waals surface area contributed by atoms with E-state index >= 15 is 0 Å². The highest BCUT2D eigenvalue weighted by Crippen LogP contribution is 2.25. The predicted molar refractivity (Wildman–Crippen MR) is 84.5 cm³/mol. The van der Waals surface area contributed by atoms with Gasteiger partial charge in [-0.15, -0.1) is 11.3 Å². The molecule has 0 bridgehead atoms. The van der Waals surface area contributed by atoms with Gasteiger partial charge in [0.05, 0.1) is 17.3 Å². The lowest BCUT2D eigenvalue weighted by atomic mass is 10.1. The van der Waals surface area contributed by atoms with Gasteiger partial charge in [-0.2, -0.15) is 5.26 Å². The maximum Gasteiger partial charge on any atom is 0.276 e. The molecule has 0 aliphatic heterocycles. The quantitative estimate of drug-likeness (QED) is 0.805. The highest BCUT2D eigenvalue weighted by molar-refractivity contribution is 7.14. The van der Waals surface area contributed by atoms with E-state index in [1.54, 1.807) is 36.5 Å². The minimum absolute atomic E-state index is 0.290. The van der Waals surface area contributed by atoms with E-state index in [9.17, 15) is 4.79 Å². The van der Waals surface area contributed by atoms with E-state index in [0.717, 1.165) is 11.3 Å². The number of rotatable bonds is 3. The monoisotopic (exact) mass is 306 g/mol. The Morgan fingerprint density at radius 2 is 2.00 bits per heavy atom. The first-order valence-electron chi connectivity index (χ1n) is 6.45. The standard InChI is InChI=1S/C16H10N4OS/c17-9-11-4-6-12(7-5-11)14-10-22-16(19-14)20-15(21)13-3-1-2-8-18-13/h1-8,10H,(H,19,20,21). The molecule has 0 saturated carbocycles. The third-order valence-corrected chi connectivity index (χ3v) is 3.69. The Labute approximate surface area is 130 Å². The molecule has 0 aliphatic rings. The molecule has 3 aromatic rings. The van der Waals surface area contributed by atoms with E-state index in [-0.39, 0.29) is 5.91 Å². The second-order valence-corrected chi connectivity index (χ2v) is 5.25. The molecule has 22 heavy (non-hydrogen) atoms. The van der Waals surface area contributed by atoms with E-state index in [4.69, 9.17) is 5.26 Å². The van der Waals surface area contributed by atoms with Gasteiger partial charge in [-0.05, 0) is 24.3 Å². The number of thiazole rings is 1. The number of carbonyl (C=O) groups excluding carboxylic acids is 1. The molecule has 0 aliphatic carbocycles. The van der Waals surface area contributed by atoms with Gasteiger partial charge in [-0.3, -0.25) is 15.1 Å². The van der Waals surface area contributed by atoms with Crippen molar-refractivity contribution in [1.29, 1.82) is 5.26 Å². The van der Waals surface area contributed by atoms with Gasteiger partial charge in [0, 0.05) is 17.1 Å². The number of amides is 1. The second kappa shape index (κ2) is 6.16. The molecular formula is C16H10N4OS. The topological polar surface area (TPSA) is 78.7 Å². The number of hydrogen-bond donors (Lipinski definition) is 1. The van der Waals surface area contributed by atoms with Gasteiger partial charge in [0.2, 0.25) is 0 Å². The molecule has 1 aromatic carbocycles. The molecule has 3 rings (SSSR count). The van der Waals surface area contributed by atoms with Crippen LogP contribution in [0.5, 0.6) is 0 Å². The van der Waals surface area contributed by atoms with Crippen molar-refractivity contribution in [1.82, 2.24) is 9.97 Å². The Morgan fingerprint density at radius 3 is 2.68 bits per heavy atom. The minimum Gasteiger partial charge on any atom is -0.296 e. The number of aromatic nitrogens is 2. The molecule has 0 spiro atoms. The zero-order valence-electron chi connectivity index (χ0n) is 11.4. The predicted octanol–water partition coefficient (Wildman–Crippen LogP) is 3.33. The minimum atomic E-state index is -0.290. The van der Waals surface area contributed by atoms with Crippen LogP contribution in [0.3, 0.4) is 0 Å².